The molecule has 0 unspecified atom stereocenters. The number of benzene rings is 20. The highest BCUT2D eigenvalue weighted by Gasteiger charge is 2.29. The first-order chi connectivity index (χ1) is 59.3. The molecule has 0 N–H and O–H groups in total. The van der Waals surface area contributed by atoms with E-state index in [-0.39, 0.29) is 59.5 Å². The molecule has 0 saturated heterocycles. The van der Waals surface area contributed by atoms with Crippen molar-refractivity contribution in [3.05, 3.63) is 417 Å². The number of furan rings is 1. The number of para-hydroxylation sites is 3. The van der Waals surface area contributed by atoms with E-state index >= 15 is 0 Å². The fourth-order valence-corrected chi connectivity index (χ4v) is 18.3. The summed E-state index contributed by atoms with van der Waals surface area (Å²) in [7, 11) is 0. The van der Waals surface area contributed by atoms with Gasteiger partial charge in [0.2, 0.25) is 0 Å². The minimum atomic E-state index is -0.409. The predicted molar refractivity (Wildman–Crippen MR) is 471 cm³/mol. The quantitative estimate of drug-likeness (QED) is 0.132. The lowest BCUT2D eigenvalue weighted by Crippen LogP contribution is -1.95. The lowest BCUT2D eigenvalue weighted by Gasteiger charge is -2.21. The molecule has 20 aromatic carbocycles. The smallest absolute Gasteiger partial charge is 0.136 e. The van der Waals surface area contributed by atoms with E-state index in [9.17, 15) is 0 Å². The molecule has 22 aromatic rings. The Morgan fingerprint density at radius 1 is 0.216 bits per heavy atom. The fraction of sp³-hybridized carbons (Fsp3) is 0.00917. The molecule has 0 aliphatic heterocycles. The molecular weight excluding hydrogens is 1340 g/mol. The minimum Gasteiger partial charge on any atom is -0.456 e. The Morgan fingerprint density at radius 2 is 0.622 bits per heavy atom. The van der Waals surface area contributed by atoms with E-state index in [2.05, 4.69) is 265 Å². The van der Waals surface area contributed by atoms with Gasteiger partial charge in [-0.1, -0.05) is 370 Å². The Bertz CT molecular complexity index is 8020. The van der Waals surface area contributed by atoms with E-state index in [1.807, 2.05) is 84.9 Å². The van der Waals surface area contributed by atoms with Gasteiger partial charge < -0.3 is 8.98 Å². The number of hydrogen-bond acceptors (Lipinski definition) is 1. The summed E-state index contributed by atoms with van der Waals surface area (Å²) in [4.78, 5) is 0. The molecule has 2 heterocycles. The van der Waals surface area contributed by atoms with Crippen molar-refractivity contribution in [2.75, 3.05) is 0 Å². The first-order valence-electron chi connectivity index (χ1n) is 42.7. The number of nitrogens with zero attached hydrogens (tertiary/aromatic N) is 1. The minimum absolute atomic E-state index is 0.195. The monoisotopic (exact) mass is 1420 g/mol. The van der Waals surface area contributed by atoms with E-state index in [1.54, 1.807) is 0 Å². The van der Waals surface area contributed by atoms with E-state index in [0.717, 1.165) is 154 Å². The van der Waals surface area contributed by atoms with E-state index < -0.39 is 12.1 Å². The zero-order chi connectivity index (χ0) is 81.7. The van der Waals surface area contributed by atoms with Crippen LogP contribution in [0, 0.1) is 0 Å². The van der Waals surface area contributed by atoms with Crippen LogP contribution in [-0.2, 0) is 6.42 Å². The van der Waals surface area contributed by atoms with Gasteiger partial charge >= 0.3 is 0 Å². The molecule has 2 aromatic heterocycles. The zero-order valence-corrected chi connectivity index (χ0v) is 60.0. The number of aromatic nitrogens is 1. The largest absolute Gasteiger partial charge is 0.456 e. The normalized spacial score (nSPS) is 13.2. The van der Waals surface area contributed by atoms with E-state index in [4.69, 9.17) is 18.1 Å². The first kappa shape index (κ1) is 54.2. The maximum Gasteiger partial charge on any atom is 0.136 e. The summed E-state index contributed by atoms with van der Waals surface area (Å²) in [5, 5.41) is 15.9. The van der Waals surface area contributed by atoms with Crippen molar-refractivity contribution >= 4 is 108 Å². The summed E-state index contributed by atoms with van der Waals surface area (Å²) in [6, 6.07) is 118. The maximum absolute atomic E-state index is 9.06. The van der Waals surface area contributed by atoms with Gasteiger partial charge in [-0.2, -0.15) is 0 Å². The van der Waals surface area contributed by atoms with Gasteiger partial charge in [0.05, 0.1) is 24.7 Å². The molecule has 0 radical (unpaired) electrons. The molecule has 111 heavy (non-hydrogen) atoms. The second-order valence-corrected chi connectivity index (χ2v) is 28.7. The topological polar surface area (TPSA) is 18.1 Å². The highest BCUT2D eigenvalue weighted by molar-refractivity contribution is 6.28. The molecule has 0 atom stereocenters. The Labute approximate surface area is 657 Å². The molecule has 1 aliphatic rings. The number of fused-ring (bicyclic) bond motifs is 15. The number of rotatable bonds is 9. The third kappa shape index (κ3) is 10.3. The van der Waals surface area contributed by atoms with Crippen molar-refractivity contribution in [2.45, 2.75) is 6.42 Å². The average Bonchev–Trinajstić information content (AvgIpc) is 1.58. The molecule has 2 nitrogen and oxygen atoms in total. The van der Waals surface area contributed by atoms with Crippen molar-refractivity contribution in [2.24, 2.45) is 0 Å². The van der Waals surface area contributed by atoms with Gasteiger partial charge in [-0.15, -0.1) is 0 Å². The highest BCUT2D eigenvalue weighted by atomic mass is 16.3. The average molecular weight is 1420 g/mol. The van der Waals surface area contributed by atoms with E-state index in [0.29, 0.717) is 11.1 Å². The predicted octanol–water partition coefficient (Wildman–Crippen LogP) is 30.2. The van der Waals surface area contributed by atoms with Gasteiger partial charge in [0.25, 0.3) is 0 Å². The molecular formula is C109H69NO. The molecule has 0 fully saturated rings. The molecule has 516 valence electrons. The van der Waals surface area contributed by atoms with Crippen LogP contribution in [0.3, 0.4) is 0 Å². The SMILES string of the molecule is [2H]c1c([2H])c([2H])c(-c2c3ccccc3c(-c3ccc(-c4c(-c5ccccc5)ccc5c4-c4ccccc4C5)c4ccccc34)c3ccccc23)c([2H])c1[2H].[2H]c1c([2H])c([2H])c(-c2c3ccccc3c(-c3cccc4c(-c5c(-c6ccc7c8ccccc8n(-c8ccccc8)c7c6)ccc6oc7ccccc7c56)cccc34)c3ccccc23)c([2H])c1[2H]. The second-order valence-electron chi connectivity index (χ2n) is 28.7. The van der Waals surface area contributed by atoms with Crippen molar-refractivity contribution < 1.29 is 18.1 Å². The standard InChI is InChI=1S/C60H37NO.C49H32/c1-3-17-38(18-4-1)57-48-22-7-9-24-50(48)58(51-25-10-8-23-49(51)57)46-29-15-28-43-42(46)27-16-30-47(43)59-41(35-36-56-60(59)52-26-12-14-32-55(52)62-56)39-33-34-45-44-21-11-13-31-53(44)61(54(45)37-39)40-19-5-2-6-20-40;1-3-15-32(16-4-1)37-28-27-35-31-34-19-7-8-20-36(34)47(35)49(37)45-30-29-44(38-21-9-10-22-39(38)45)48-42-25-13-11-23-40(42)46(33-17-5-2-6-18-33)41-24-12-14-26-43(41)48/h1-37H;1-30H,31H2/i1D,3D,4D,17D,18D;2D,5D,6D,17D,18D. The molecule has 0 amide bonds. The molecule has 2 heteroatoms. The first-order valence-corrected chi connectivity index (χ1v) is 37.7. The third-order valence-corrected chi connectivity index (χ3v) is 22.9. The summed E-state index contributed by atoms with van der Waals surface area (Å²) < 4.78 is 95.9. The fourth-order valence-electron chi connectivity index (χ4n) is 18.3. The second kappa shape index (κ2) is 26.2. The Kier molecular flexibility index (Phi) is 12.8. The molecule has 1 aliphatic carbocycles. The van der Waals surface area contributed by atoms with Crippen LogP contribution < -0.4 is 0 Å². The van der Waals surface area contributed by atoms with Crippen LogP contribution in [0.4, 0.5) is 0 Å². The lowest BCUT2D eigenvalue weighted by molar-refractivity contribution is 0.669. The third-order valence-electron chi connectivity index (χ3n) is 22.9. The van der Waals surface area contributed by atoms with Crippen LogP contribution >= 0.6 is 0 Å². The van der Waals surface area contributed by atoms with Crippen molar-refractivity contribution in [1.82, 2.24) is 4.57 Å². The summed E-state index contributed by atoms with van der Waals surface area (Å²) in [6.07, 6.45) is 0.905. The molecule has 0 spiro atoms. The zero-order valence-electron chi connectivity index (χ0n) is 70.0. The molecule has 0 bridgehead atoms. The van der Waals surface area contributed by atoms with Crippen molar-refractivity contribution in [3.8, 4) is 106 Å². The number of hydrogen-bond donors (Lipinski definition) is 0. The van der Waals surface area contributed by atoms with Gasteiger partial charge in [-0.25, -0.2) is 0 Å². The Morgan fingerprint density at radius 3 is 1.20 bits per heavy atom. The molecule has 0 saturated carbocycles. The van der Waals surface area contributed by atoms with Crippen LogP contribution in [0.2, 0.25) is 0 Å². The van der Waals surface area contributed by atoms with Gasteiger partial charge in [-0.05, 0) is 213 Å². The van der Waals surface area contributed by atoms with Gasteiger partial charge in [0.1, 0.15) is 11.2 Å². The van der Waals surface area contributed by atoms with Gasteiger partial charge in [0, 0.05) is 32.8 Å². The van der Waals surface area contributed by atoms with Crippen molar-refractivity contribution in [3.63, 3.8) is 0 Å². The Balaban J connectivity index is 0.000000148. The highest BCUT2D eigenvalue weighted by Crippen LogP contribution is 2.54. The van der Waals surface area contributed by atoms with Crippen molar-refractivity contribution in [1.29, 1.82) is 0 Å². The summed E-state index contributed by atoms with van der Waals surface area (Å²) in [6.45, 7) is 0. The maximum atomic E-state index is 9.06. The van der Waals surface area contributed by atoms with Crippen LogP contribution in [0.5, 0.6) is 0 Å². The summed E-state index contributed by atoms with van der Waals surface area (Å²) >= 11 is 0. The Hall–Kier alpha value is -14.4. The van der Waals surface area contributed by atoms with Crippen LogP contribution in [0.15, 0.2) is 411 Å². The lowest BCUT2D eigenvalue weighted by atomic mass is 9.82. The van der Waals surface area contributed by atoms with Crippen LogP contribution in [0.25, 0.3) is 214 Å². The van der Waals surface area contributed by atoms with Crippen LogP contribution in [0.1, 0.15) is 24.8 Å². The molecule has 23 rings (SSSR count). The summed E-state index contributed by atoms with van der Waals surface area (Å²) in [5.74, 6) is 0. The van der Waals surface area contributed by atoms with Gasteiger partial charge in [-0.3, -0.25) is 0 Å². The van der Waals surface area contributed by atoms with E-state index in [1.165, 1.54) is 55.3 Å². The van der Waals surface area contributed by atoms with Gasteiger partial charge in [0.15, 0.2) is 0 Å². The summed E-state index contributed by atoms with van der Waals surface area (Å²) in [5.41, 5.74) is 25.2. The van der Waals surface area contributed by atoms with Crippen LogP contribution in [-0.4, -0.2) is 4.57 Å².